The van der Waals surface area contributed by atoms with Crippen molar-refractivity contribution < 1.29 is 14.6 Å². The van der Waals surface area contributed by atoms with E-state index in [0.717, 1.165) is 46.8 Å². The minimum absolute atomic E-state index is 0.608. The van der Waals surface area contributed by atoms with Crippen molar-refractivity contribution in [3.63, 3.8) is 0 Å². The van der Waals surface area contributed by atoms with E-state index in [4.69, 9.17) is 9.84 Å². The number of fused-ring (bicyclic) bond motifs is 1. The maximum Gasteiger partial charge on any atom is 0.328 e. The molecule has 0 aliphatic heterocycles. The molecule has 3 aromatic rings. The van der Waals surface area contributed by atoms with E-state index in [9.17, 15) is 4.79 Å². The topological polar surface area (TPSA) is 77.2 Å². The highest BCUT2D eigenvalue weighted by Gasteiger charge is 2.09. The van der Waals surface area contributed by atoms with Gasteiger partial charge in [0.1, 0.15) is 5.52 Å². The first-order chi connectivity index (χ1) is 12.6. The lowest BCUT2D eigenvalue weighted by Gasteiger charge is -2.06. The standard InChI is InChI=1S/C20H21N3O3/c1-15-17(9-11-19(24)25)8-10-18-20(15)21-22-23(18)12-5-13-26-14-16-6-3-2-4-7-16/h2-4,6-11H,5,12-14H2,1H3,(H,24,25). The molecular formula is C20H21N3O3. The number of aromatic nitrogens is 3. The Balaban J connectivity index is 1.59. The zero-order valence-corrected chi connectivity index (χ0v) is 14.6. The molecule has 6 nitrogen and oxygen atoms in total. The van der Waals surface area contributed by atoms with Gasteiger partial charge in [0.05, 0.1) is 12.1 Å². The fourth-order valence-corrected chi connectivity index (χ4v) is 2.77. The summed E-state index contributed by atoms with van der Waals surface area (Å²) in [5, 5.41) is 17.2. The zero-order chi connectivity index (χ0) is 18.4. The lowest BCUT2D eigenvalue weighted by molar-refractivity contribution is -0.131. The highest BCUT2D eigenvalue weighted by Crippen LogP contribution is 2.21. The van der Waals surface area contributed by atoms with Crippen molar-refractivity contribution in [1.29, 1.82) is 0 Å². The second-order valence-corrected chi connectivity index (χ2v) is 6.02. The van der Waals surface area contributed by atoms with Crippen LogP contribution in [0.3, 0.4) is 0 Å². The highest BCUT2D eigenvalue weighted by molar-refractivity contribution is 5.88. The molecule has 26 heavy (non-hydrogen) atoms. The first kappa shape index (κ1) is 17.8. The minimum atomic E-state index is -0.969. The van der Waals surface area contributed by atoms with Crippen LogP contribution in [0, 0.1) is 6.92 Å². The number of hydrogen-bond donors (Lipinski definition) is 1. The largest absolute Gasteiger partial charge is 0.478 e. The molecule has 1 aromatic heterocycles. The summed E-state index contributed by atoms with van der Waals surface area (Å²) in [6.07, 6.45) is 3.54. The second kappa shape index (κ2) is 8.40. The zero-order valence-electron chi connectivity index (χ0n) is 14.6. The van der Waals surface area contributed by atoms with Gasteiger partial charge in [-0.2, -0.15) is 0 Å². The maximum atomic E-state index is 10.7. The number of ether oxygens (including phenoxy) is 1. The van der Waals surface area contributed by atoms with Crippen LogP contribution in [-0.4, -0.2) is 32.7 Å². The molecule has 1 N–H and O–H groups in total. The van der Waals surface area contributed by atoms with Crippen LogP contribution in [0.5, 0.6) is 0 Å². The molecule has 2 aromatic carbocycles. The van der Waals surface area contributed by atoms with Gasteiger partial charge in [-0.3, -0.25) is 0 Å². The van der Waals surface area contributed by atoms with E-state index in [0.29, 0.717) is 13.2 Å². The van der Waals surface area contributed by atoms with Crippen LogP contribution < -0.4 is 0 Å². The van der Waals surface area contributed by atoms with Gasteiger partial charge >= 0.3 is 5.97 Å². The Morgan fingerprint density at radius 1 is 1.23 bits per heavy atom. The van der Waals surface area contributed by atoms with Crippen LogP contribution in [0.1, 0.15) is 23.1 Å². The number of carbonyl (C=O) groups is 1. The number of aryl methyl sites for hydroxylation is 2. The summed E-state index contributed by atoms with van der Waals surface area (Å²) < 4.78 is 7.56. The predicted molar refractivity (Wildman–Crippen MR) is 99.6 cm³/mol. The van der Waals surface area contributed by atoms with Crippen LogP contribution in [0.25, 0.3) is 17.1 Å². The summed E-state index contributed by atoms with van der Waals surface area (Å²) >= 11 is 0. The lowest BCUT2D eigenvalue weighted by atomic mass is 10.1. The molecule has 0 saturated carbocycles. The van der Waals surface area contributed by atoms with E-state index >= 15 is 0 Å². The first-order valence-corrected chi connectivity index (χ1v) is 8.50. The molecule has 0 saturated heterocycles. The number of nitrogens with zero attached hydrogens (tertiary/aromatic N) is 3. The van der Waals surface area contributed by atoms with E-state index in [1.165, 1.54) is 0 Å². The number of rotatable bonds is 8. The SMILES string of the molecule is Cc1c(C=CC(=O)O)ccc2c1nnn2CCCOCc1ccccc1. The van der Waals surface area contributed by atoms with Crippen molar-refractivity contribution in [1.82, 2.24) is 15.0 Å². The minimum Gasteiger partial charge on any atom is -0.478 e. The summed E-state index contributed by atoms with van der Waals surface area (Å²) in [5.41, 5.74) is 4.65. The molecular weight excluding hydrogens is 330 g/mol. The third-order valence-corrected chi connectivity index (χ3v) is 4.16. The van der Waals surface area contributed by atoms with Crippen LogP contribution in [0.4, 0.5) is 0 Å². The van der Waals surface area contributed by atoms with Crippen molar-refractivity contribution in [3.8, 4) is 0 Å². The van der Waals surface area contributed by atoms with Gasteiger partial charge in [-0.15, -0.1) is 5.10 Å². The summed E-state index contributed by atoms with van der Waals surface area (Å²) in [4.78, 5) is 10.7. The molecule has 0 fully saturated rings. The van der Waals surface area contributed by atoms with Gasteiger partial charge in [0, 0.05) is 19.2 Å². The summed E-state index contributed by atoms with van der Waals surface area (Å²) in [5.74, 6) is -0.969. The van der Waals surface area contributed by atoms with E-state index in [1.54, 1.807) is 6.08 Å². The molecule has 0 aliphatic rings. The number of hydrogen-bond acceptors (Lipinski definition) is 4. The monoisotopic (exact) mass is 351 g/mol. The molecule has 0 amide bonds. The predicted octanol–water partition coefficient (Wildman–Crippen LogP) is 3.44. The number of aliphatic carboxylic acids is 1. The Morgan fingerprint density at radius 3 is 2.81 bits per heavy atom. The van der Waals surface area contributed by atoms with Crippen molar-refractivity contribution in [2.45, 2.75) is 26.5 Å². The van der Waals surface area contributed by atoms with E-state index in [2.05, 4.69) is 10.3 Å². The third-order valence-electron chi connectivity index (χ3n) is 4.16. The van der Waals surface area contributed by atoms with Gasteiger partial charge < -0.3 is 9.84 Å². The quantitative estimate of drug-likeness (QED) is 0.497. The van der Waals surface area contributed by atoms with E-state index in [-0.39, 0.29) is 0 Å². The molecule has 1 heterocycles. The molecule has 0 aliphatic carbocycles. The fourth-order valence-electron chi connectivity index (χ4n) is 2.77. The van der Waals surface area contributed by atoms with Crippen LogP contribution >= 0.6 is 0 Å². The Hall–Kier alpha value is -2.99. The van der Waals surface area contributed by atoms with Crippen LogP contribution in [-0.2, 0) is 22.7 Å². The average Bonchev–Trinajstić information content (AvgIpc) is 3.05. The molecule has 134 valence electrons. The van der Waals surface area contributed by atoms with E-state index in [1.807, 2.05) is 54.1 Å². The molecule has 0 spiro atoms. The number of carboxylic acid groups (broad SMARTS) is 1. The lowest BCUT2D eigenvalue weighted by Crippen LogP contribution is -2.04. The number of carboxylic acids is 1. The van der Waals surface area contributed by atoms with Gasteiger partial charge in [-0.25, -0.2) is 9.48 Å². The summed E-state index contributed by atoms with van der Waals surface area (Å²) in [6, 6.07) is 13.9. The molecule has 6 heteroatoms. The van der Waals surface area contributed by atoms with E-state index < -0.39 is 5.97 Å². The first-order valence-electron chi connectivity index (χ1n) is 8.50. The summed E-state index contributed by atoms with van der Waals surface area (Å²) in [6.45, 7) is 3.90. The van der Waals surface area contributed by atoms with Crippen molar-refractivity contribution in [3.05, 3.63) is 65.2 Å². The van der Waals surface area contributed by atoms with Crippen molar-refractivity contribution in [2.75, 3.05) is 6.61 Å². The smallest absolute Gasteiger partial charge is 0.328 e. The van der Waals surface area contributed by atoms with Gasteiger partial charge in [-0.1, -0.05) is 41.6 Å². The van der Waals surface area contributed by atoms with Gasteiger partial charge in [-0.05, 0) is 42.2 Å². The van der Waals surface area contributed by atoms with Crippen LogP contribution in [0.15, 0.2) is 48.5 Å². The highest BCUT2D eigenvalue weighted by atomic mass is 16.5. The molecule has 0 bridgehead atoms. The van der Waals surface area contributed by atoms with Crippen molar-refractivity contribution >= 4 is 23.1 Å². The Kier molecular flexibility index (Phi) is 5.76. The van der Waals surface area contributed by atoms with Gasteiger partial charge in [0.25, 0.3) is 0 Å². The third kappa shape index (κ3) is 4.34. The molecule has 3 rings (SSSR count). The molecule has 0 radical (unpaired) electrons. The second-order valence-electron chi connectivity index (χ2n) is 6.02. The van der Waals surface area contributed by atoms with Crippen LogP contribution in [0.2, 0.25) is 0 Å². The van der Waals surface area contributed by atoms with Gasteiger partial charge in [0.15, 0.2) is 0 Å². The average molecular weight is 351 g/mol. The molecule has 0 unspecified atom stereocenters. The Labute approximate surface area is 151 Å². The molecule has 0 atom stereocenters. The number of benzene rings is 2. The van der Waals surface area contributed by atoms with Crippen molar-refractivity contribution in [2.24, 2.45) is 0 Å². The Morgan fingerprint density at radius 2 is 2.04 bits per heavy atom. The Bertz CT molecular complexity index is 917. The summed E-state index contributed by atoms with van der Waals surface area (Å²) in [7, 11) is 0. The maximum absolute atomic E-state index is 10.7. The normalized spacial score (nSPS) is 11.4. The van der Waals surface area contributed by atoms with Gasteiger partial charge in [0.2, 0.25) is 0 Å². The fraction of sp³-hybridized carbons (Fsp3) is 0.250.